The van der Waals surface area contributed by atoms with Crippen LogP contribution in [0.25, 0.3) is 0 Å². The second-order valence-corrected chi connectivity index (χ2v) is 6.06. The molecule has 0 radical (unpaired) electrons. The summed E-state index contributed by atoms with van der Waals surface area (Å²) in [6.45, 7) is 1.99. The maximum Gasteiger partial charge on any atom is 0.257 e. The number of hydrogen-bond acceptors (Lipinski definition) is 5. The highest BCUT2D eigenvalue weighted by molar-refractivity contribution is 7.89. The third kappa shape index (κ3) is 3.58. The standard InChI is InChI=1S/C11H15ClN2O4S/c1-17-10-3-2-9(12)8-11(10)19(15,16)13-14-4-6-18-7-5-14/h2-3,8,13H,4-7H2,1H3. The number of benzene rings is 1. The van der Waals surface area contributed by atoms with Gasteiger partial charge in [-0.3, -0.25) is 0 Å². The molecule has 1 fully saturated rings. The molecule has 0 bridgehead atoms. The van der Waals surface area contributed by atoms with E-state index in [4.69, 9.17) is 21.1 Å². The fourth-order valence-electron chi connectivity index (χ4n) is 1.73. The van der Waals surface area contributed by atoms with E-state index in [1.807, 2.05) is 0 Å². The summed E-state index contributed by atoms with van der Waals surface area (Å²) in [5.41, 5.74) is 0. The zero-order valence-corrected chi connectivity index (χ0v) is 12.0. The summed E-state index contributed by atoms with van der Waals surface area (Å²) >= 11 is 5.84. The molecule has 0 unspecified atom stereocenters. The predicted molar refractivity (Wildman–Crippen MR) is 70.7 cm³/mol. The normalized spacial score (nSPS) is 17.4. The van der Waals surface area contributed by atoms with E-state index < -0.39 is 10.0 Å². The molecule has 1 aromatic rings. The Kier molecular flexibility index (Phi) is 4.64. The van der Waals surface area contributed by atoms with Gasteiger partial charge in [0.15, 0.2) is 0 Å². The number of hydrazine groups is 1. The van der Waals surface area contributed by atoms with Gasteiger partial charge in [-0.05, 0) is 18.2 Å². The average molecular weight is 307 g/mol. The van der Waals surface area contributed by atoms with Gasteiger partial charge in [-0.15, -0.1) is 4.83 Å². The number of morpholine rings is 1. The summed E-state index contributed by atoms with van der Waals surface area (Å²) in [6.07, 6.45) is 0. The Labute approximate surface area is 117 Å². The van der Waals surface area contributed by atoms with Crippen LogP contribution in [0.15, 0.2) is 23.1 Å². The molecule has 0 aromatic heterocycles. The van der Waals surface area contributed by atoms with E-state index in [9.17, 15) is 8.42 Å². The molecule has 1 saturated heterocycles. The average Bonchev–Trinajstić information content (AvgIpc) is 2.39. The smallest absolute Gasteiger partial charge is 0.257 e. The number of nitrogens with zero attached hydrogens (tertiary/aromatic N) is 1. The molecular weight excluding hydrogens is 292 g/mol. The minimum absolute atomic E-state index is 0.0222. The van der Waals surface area contributed by atoms with E-state index in [0.29, 0.717) is 31.3 Å². The predicted octanol–water partition coefficient (Wildman–Crippen LogP) is 0.874. The summed E-state index contributed by atoms with van der Waals surface area (Å²) in [5.74, 6) is 0.255. The molecule has 0 amide bonds. The first-order chi connectivity index (χ1) is 9.03. The summed E-state index contributed by atoms with van der Waals surface area (Å²) in [7, 11) is -2.30. The fourth-order valence-corrected chi connectivity index (χ4v) is 3.29. The van der Waals surface area contributed by atoms with Crippen LogP contribution in [0.2, 0.25) is 5.02 Å². The molecule has 1 aliphatic rings. The highest BCUT2D eigenvalue weighted by Gasteiger charge is 2.23. The zero-order chi connectivity index (χ0) is 13.9. The lowest BCUT2D eigenvalue weighted by Crippen LogP contribution is -2.48. The molecule has 8 heteroatoms. The first-order valence-electron chi connectivity index (χ1n) is 5.71. The summed E-state index contributed by atoms with van der Waals surface area (Å²) in [5, 5.41) is 1.93. The molecule has 0 saturated carbocycles. The molecule has 106 valence electrons. The number of halogens is 1. The van der Waals surface area contributed by atoms with E-state index in [0.717, 1.165) is 0 Å². The van der Waals surface area contributed by atoms with Gasteiger partial charge in [0.2, 0.25) is 0 Å². The maximum absolute atomic E-state index is 12.3. The number of sulfonamides is 1. The Morgan fingerprint density at radius 3 is 2.68 bits per heavy atom. The van der Waals surface area contributed by atoms with Gasteiger partial charge in [0.25, 0.3) is 10.0 Å². The van der Waals surface area contributed by atoms with Crippen molar-refractivity contribution in [2.45, 2.75) is 4.90 Å². The number of rotatable bonds is 4. The van der Waals surface area contributed by atoms with E-state index >= 15 is 0 Å². The summed E-state index contributed by atoms with van der Waals surface area (Å²) < 4.78 is 34.8. The first kappa shape index (κ1) is 14.5. The van der Waals surface area contributed by atoms with Crippen LogP contribution in [0.4, 0.5) is 0 Å². The van der Waals surface area contributed by atoms with Crippen molar-refractivity contribution in [1.29, 1.82) is 0 Å². The van der Waals surface area contributed by atoms with Gasteiger partial charge in [-0.25, -0.2) is 13.4 Å². The SMILES string of the molecule is COc1ccc(Cl)cc1S(=O)(=O)NN1CCOCC1. The number of hydrogen-bond donors (Lipinski definition) is 1. The Bertz CT molecular complexity index is 544. The second-order valence-electron chi connectivity index (χ2n) is 3.99. The molecular formula is C11H15ClN2O4S. The van der Waals surface area contributed by atoms with Gasteiger partial charge >= 0.3 is 0 Å². The van der Waals surface area contributed by atoms with Gasteiger partial charge in [0, 0.05) is 18.1 Å². The van der Waals surface area contributed by atoms with Crippen molar-refractivity contribution in [2.24, 2.45) is 0 Å². The topological polar surface area (TPSA) is 67.9 Å². The molecule has 0 spiro atoms. The lowest BCUT2D eigenvalue weighted by molar-refractivity contribution is 0.0272. The second kappa shape index (κ2) is 6.06. The third-order valence-corrected chi connectivity index (χ3v) is 4.31. The monoisotopic (exact) mass is 306 g/mol. The Morgan fingerprint density at radius 2 is 2.05 bits per heavy atom. The van der Waals surface area contributed by atoms with E-state index in [-0.39, 0.29) is 10.6 Å². The lowest BCUT2D eigenvalue weighted by Gasteiger charge is -2.27. The van der Waals surface area contributed by atoms with Crippen LogP contribution in [-0.2, 0) is 14.8 Å². The number of methoxy groups -OCH3 is 1. The number of ether oxygens (including phenoxy) is 2. The molecule has 1 heterocycles. The molecule has 0 aliphatic carbocycles. The number of nitrogens with one attached hydrogen (secondary N) is 1. The Hall–Kier alpha value is -0.860. The van der Waals surface area contributed by atoms with Crippen LogP contribution in [0.1, 0.15) is 0 Å². The van der Waals surface area contributed by atoms with E-state index in [1.54, 1.807) is 11.1 Å². The van der Waals surface area contributed by atoms with Crippen LogP contribution >= 0.6 is 11.6 Å². The zero-order valence-electron chi connectivity index (χ0n) is 10.4. The van der Waals surface area contributed by atoms with Crippen molar-refractivity contribution in [3.63, 3.8) is 0 Å². The van der Waals surface area contributed by atoms with Crippen LogP contribution in [0, 0.1) is 0 Å². The van der Waals surface area contributed by atoms with Gasteiger partial charge in [0.05, 0.1) is 20.3 Å². The largest absolute Gasteiger partial charge is 0.495 e. The van der Waals surface area contributed by atoms with Crippen LogP contribution in [-0.4, -0.2) is 46.8 Å². The highest BCUT2D eigenvalue weighted by Crippen LogP contribution is 2.26. The Balaban J connectivity index is 2.25. The molecule has 2 rings (SSSR count). The summed E-state index contributed by atoms with van der Waals surface area (Å²) in [4.78, 5) is 2.52. The maximum atomic E-state index is 12.3. The van der Waals surface area contributed by atoms with Crippen molar-refractivity contribution in [3.05, 3.63) is 23.2 Å². The van der Waals surface area contributed by atoms with Gasteiger partial charge in [-0.1, -0.05) is 11.6 Å². The van der Waals surface area contributed by atoms with Gasteiger partial charge in [0.1, 0.15) is 10.6 Å². The van der Waals surface area contributed by atoms with Crippen molar-refractivity contribution >= 4 is 21.6 Å². The lowest BCUT2D eigenvalue weighted by atomic mass is 10.3. The Morgan fingerprint density at radius 1 is 1.37 bits per heavy atom. The van der Waals surface area contributed by atoms with Crippen molar-refractivity contribution in [3.8, 4) is 5.75 Å². The van der Waals surface area contributed by atoms with E-state index in [2.05, 4.69) is 4.83 Å². The van der Waals surface area contributed by atoms with E-state index in [1.165, 1.54) is 19.2 Å². The van der Waals surface area contributed by atoms with Crippen molar-refractivity contribution in [1.82, 2.24) is 9.84 Å². The molecule has 1 N–H and O–H groups in total. The van der Waals surface area contributed by atoms with Crippen LogP contribution < -0.4 is 9.57 Å². The molecule has 1 aromatic carbocycles. The quantitative estimate of drug-likeness (QED) is 0.894. The summed E-state index contributed by atoms with van der Waals surface area (Å²) in [6, 6.07) is 4.47. The molecule has 6 nitrogen and oxygen atoms in total. The highest BCUT2D eigenvalue weighted by atomic mass is 35.5. The molecule has 19 heavy (non-hydrogen) atoms. The first-order valence-corrected chi connectivity index (χ1v) is 7.58. The van der Waals surface area contributed by atoms with Crippen molar-refractivity contribution < 1.29 is 17.9 Å². The van der Waals surface area contributed by atoms with Crippen LogP contribution in [0.3, 0.4) is 0 Å². The molecule has 0 atom stereocenters. The fraction of sp³-hybridized carbons (Fsp3) is 0.455. The minimum atomic E-state index is -3.71. The van der Waals surface area contributed by atoms with Gasteiger partial charge in [-0.2, -0.15) is 0 Å². The van der Waals surface area contributed by atoms with Gasteiger partial charge < -0.3 is 9.47 Å². The van der Waals surface area contributed by atoms with Crippen molar-refractivity contribution in [2.75, 3.05) is 33.4 Å². The third-order valence-electron chi connectivity index (χ3n) is 2.68. The van der Waals surface area contributed by atoms with Crippen LogP contribution in [0.5, 0.6) is 5.75 Å². The minimum Gasteiger partial charge on any atom is -0.495 e. The molecule has 1 aliphatic heterocycles.